The Morgan fingerprint density at radius 3 is 2.20 bits per heavy atom. The van der Waals surface area contributed by atoms with Crippen molar-refractivity contribution < 1.29 is 0 Å². The number of rotatable bonds is 1. The van der Waals surface area contributed by atoms with E-state index in [-0.39, 0.29) is 0 Å². The molecule has 2 spiro atoms. The van der Waals surface area contributed by atoms with Crippen LogP contribution in [0.25, 0.3) is 0 Å². The van der Waals surface area contributed by atoms with Crippen LogP contribution in [-0.2, 0) is 0 Å². The van der Waals surface area contributed by atoms with Gasteiger partial charge in [0.2, 0.25) is 0 Å². The first-order valence-corrected chi connectivity index (χ1v) is 8.83. The van der Waals surface area contributed by atoms with Crippen LogP contribution in [0.1, 0.15) is 77.0 Å². The van der Waals surface area contributed by atoms with Crippen LogP contribution in [0.5, 0.6) is 0 Å². The fourth-order valence-corrected chi connectivity index (χ4v) is 5.63. The average Bonchev–Trinajstić information content (AvgIpc) is 3.16. The summed E-state index contributed by atoms with van der Waals surface area (Å²) in [7, 11) is 0. The lowest BCUT2D eigenvalue weighted by molar-refractivity contribution is 0.0469. The number of nitrogens with zero attached hydrogens (tertiary/aromatic N) is 2. The topological polar surface area (TPSA) is 41.6 Å². The molecule has 3 heteroatoms. The Morgan fingerprint density at radius 2 is 1.55 bits per heavy atom. The summed E-state index contributed by atoms with van der Waals surface area (Å²) in [6.45, 7) is 0.978. The van der Waals surface area contributed by atoms with Crippen molar-refractivity contribution in [2.75, 3.05) is 6.54 Å². The van der Waals surface area contributed by atoms with Crippen molar-refractivity contribution >= 4 is 5.96 Å². The third-order valence-corrected chi connectivity index (χ3v) is 6.89. The molecule has 0 unspecified atom stereocenters. The van der Waals surface area contributed by atoms with Gasteiger partial charge in [0, 0.05) is 6.04 Å². The molecule has 0 aromatic heterocycles. The fraction of sp³-hybridized carbons (Fsp3) is 0.941. The number of aliphatic imine (C=N–C) groups is 1. The highest BCUT2D eigenvalue weighted by Crippen LogP contribution is 2.54. The van der Waals surface area contributed by atoms with Gasteiger partial charge in [-0.05, 0) is 56.8 Å². The normalized spacial score (nSPS) is 32.4. The Labute approximate surface area is 123 Å². The first-order valence-electron chi connectivity index (χ1n) is 8.83. The molecule has 4 rings (SSSR count). The maximum absolute atomic E-state index is 6.29. The molecule has 20 heavy (non-hydrogen) atoms. The minimum Gasteiger partial charge on any atom is -0.370 e. The standard InChI is InChI=1S/C17H29N3/c18-15-19-13-17(20(15)14-5-1-2-6-14)11-9-16(10-12-17)7-3-4-8-16/h14H,1-13H2,(H2,18,19). The van der Waals surface area contributed by atoms with Crippen LogP contribution >= 0.6 is 0 Å². The Morgan fingerprint density at radius 1 is 0.900 bits per heavy atom. The van der Waals surface area contributed by atoms with Gasteiger partial charge in [-0.1, -0.05) is 25.7 Å². The minimum atomic E-state index is 0.312. The first kappa shape index (κ1) is 13.0. The Hall–Kier alpha value is -0.730. The van der Waals surface area contributed by atoms with E-state index < -0.39 is 0 Å². The van der Waals surface area contributed by atoms with E-state index in [9.17, 15) is 0 Å². The Bertz CT molecular complexity index is 392. The molecule has 0 aromatic rings. The van der Waals surface area contributed by atoms with Crippen LogP contribution in [0.15, 0.2) is 4.99 Å². The van der Waals surface area contributed by atoms with E-state index in [1.807, 2.05) is 0 Å². The Kier molecular flexibility index (Phi) is 3.01. The number of nitrogens with two attached hydrogens (primary N) is 1. The highest BCUT2D eigenvalue weighted by atomic mass is 15.4. The zero-order valence-corrected chi connectivity index (χ0v) is 12.7. The molecule has 2 N–H and O–H groups in total. The summed E-state index contributed by atoms with van der Waals surface area (Å²) in [6, 6.07) is 0.693. The predicted octanol–water partition coefficient (Wildman–Crippen LogP) is 3.43. The molecular weight excluding hydrogens is 246 g/mol. The fourth-order valence-electron chi connectivity index (χ4n) is 5.63. The van der Waals surface area contributed by atoms with Crippen molar-refractivity contribution in [1.29, 1.82) is 0 Å². The molecule has 1 heterocycles. The zero-order chi connectivity index (χ0) is 13.6. The monoisotopic (exact) mass is 275 g/mol. The van der Waals surface area contributed by atoms with Crippen molar-refractivity contribution in [3.8, 4) is 0 Å². The average molecular weight is 275 g/mol. The lowest BCUT2D eigenvalue weighted by atomic mass is 9.66. The summed E-state index contributed by atoms with van der Waals surface area (Å²) in [5.41, 5.74) is 7.31. The molecule has 0 radical (unpaired) electrons. The van der Waals surface area contributed by atoms with Crippen molar-refractivity contribution in [1.82, 2.24) is 4.90 Å². The third kappa shape index (κ3) is 1.88. The van der Waals surface area contributed by atoms with Crippen LogP contribution in [0.3, 0.4) is 0 Å². The molecule has 3 nitrogen and oxygen atoms in total. The largest absolute Gasteiger partial charge is 0.370 e. The summed E-state index contributed by atoms with van der Waals surface area (Å²) in [5, 5.41) is 0. The number of hydrogen-bond acceptors (Lipinski definition) is 3. The van der Waals surface area contributed by atoms with Gasteiger partial charge in [0.1, 0.15) is 0 Å². The van der Waals surface area contributed by atoms with E-state index >= 15 is 0 Å². The molecule has 0 bridgehead atoms. The molecule has 0 amide bonds. The van der Waals surface area contributed by atoms with E-state index in [4.69, 9.17) is 5.73 Å². The molecule has 0 atom stereocenters. The molecule has 0 aromatic carbocycles. The van der Waals surface area contributed by atoms with Crippen LogP contribution in [0.2, 0.25) is 0 Å². The Balaban J connectivity index is 1.52. The van der Waals surface area contributed by atoms with Gasteiger partial charge in [-0.2, -0.15) is 0 Å². The van der Waals surface area contributed by atoms with Crippen molar-refractivity contribution in [2.24, 2.45) is 16.1 Å². The summed E-state index contributed by atoms with van der Waals surface area (Å²) in [5.74, 6) is 0.860. The van der Waals surface area contributed by atoms with Gasteiger partial charge in [-0.25, -0.2) is 0 Å². The molecule has 3 aliphatic carbocycles. The summed E-state index contributed by atoms with van der Waals surface area (Å²) in [4.78, 5) is 7.26. The molecule has 1 aliphatic heterocycles. The molecule has 0 saturated heterocycles. The quantitative estimate of drug-likeness (QED) is 0.796. The van der Waals surface area contributed by atoms with Crippen LogP contribution in [-0.4, -0.2) is 29.0 Å². The summed E-state index contributed by atoms with van der Waals surface area (Å²) in [6.07, 6.45) is 16.9. The van der Waals surface area contributed by atoms with Gasteiger partial charge in [0.05, 0.1) is 12.1 Å². The SMILES string of the molecule is NC1=NCC2(CCC3(CCCC3)CC2)N1C1CCCC1. The highest BCUT2D eigenvalue weighted by molar-refractivity contribution is 5.81. The number of hydrogen-bond donors (Lipinski definition) is 1. The van der Waals surface area contributed by atoms with Crippen LogP contribution in [0, 0.1) is 5.41 Å². The van der Waals surface area contributed by atoms with E-state index in [0.29, 0.717) is 17.0 Å². The van der Waals surface area contributed by atoms with E-state index in [2.05, 4.69) is 9.89 Å². The second kappa shape index (κ2) is 4.64. The first-order chi connectivity index (χ1) is 9.73. The van der Waals surface area contributed by atoms with Crippen molar-refractivity contribution in [3.63, 3.8) is 0 Å². The van der Waals surface area contributed by atoms with Gasteiger partial charge < -0.3 is 10.6 Å². The summed E-state index contributed by atoms with van der Waals surface area (Å²) < 4.78 is 0. The van der Waals surface area contributed by atoms with Crippen LogP contribution in [0.4, 0.5) is 0 Å². The van der Waals surface area contributed by atoms with Gasteiger partial charge in [0.15, 0.2) is 5.96 Å². The van der Waals surface area contributed by atoms with E-state index in [0.717, 1.165) is 12.5 Å². The third-order valence-electron chi connectivity index (χ3n) is 6.89. The summed E-state index contributed by atoms with van der Waals surface area (Å²) >= 11 is 0. The smallest absolute Gasteiger partial charge is 0.192 e. The second-order valence-corrected chi connectivity index (χ2v) is 7.91. The maximum atomic E-state index is 6.29. The van der Waals surface area contributed by atoms with Crippen LogP contribution < -0.4 is 5.73 Å². The van der Waals surface area contributed by atoms with Crippen molar-refractivity contribution in [3.05, 3.63) is 0 Å². The van der Waals surface area contributed by atoms with Gasteiger partial charge in [0.25, 0.3) is 0 Å². The van der Waals surface area contributed by atoms with E-state index in [1.54, 1.807) is 0 Å². The van der Waals surface area contributed by atoms with Gasteiger partial charge in [-0.15, -0.1) is 0 Å². The maximum Gasteiger partial charge on any atom is 0.192 e. The molecular formula is C17H29N3. The molecule has 3 fully saturated rings. The van der Waals surface area contributed by atoms with Crippen molar-refractivity contribution in [2.45, 2.75) is 88.6 Å². The molecule has 3 saturated carbocycles. The lowest BCUT2D eigenvalue weighted by Gasteiger charge is -2.50. The van der Waals surface area contributed by atoms with E-state index in [1.165, 1.54) is 77.0 Å². The lowest BCUT2D eigenvalue weighted by Crippen LogP contribution is -2.57. The molecule has 4 aliphatic rings. The van der Waals surface area contributed by atoms with Gasteiger partial charge in [-0.3, -0.25) is 4.99 Å². The predicted molar refractivity (Wildman–Crippen MR) is 82.7 cm³/mol. The highest BCUT2D eigenvalue weighted by Gasteiger charge is 2.51. The minimum absolute atomic E-state index is 0.312. The van der Waals surface area contributed by atoms with Gasteiger partial charge >= 0.3 is 0 Å². The second-order valence-electron chi connectivity index (χ2n) is 7.91. The molecule has 112 valence electrons. The number of guanidine groups is 1. The zero-order valence-electron chi connectivity index (χ0n) is 12.7.